The number of nitrogens with one attached hydrogen (secondary N) is 2. The van der Waals surface area contributed by atoms with Crippen LogP contribution in [0.3, 0.4) is 0 Å². The second-order valence-electron chi connectivity index (χ2n) is 8.64. The van der Waals surface area contributed by atoms with Gasteiger partial charge in [-0.1, -0.05) is 6.42 Å². The molecule has 1 aliphatic heterocycles. The van der Waals surface area contributed by atoms with E-state index in [-0.39, 0.29) is 24.0 Å². The van der Waals surface area contributed by atoms with E-state index < -0.39 is 0 Å². The number of rotatable bonds is 5. The maximum Gasteiger partial charge on any atom is 0.191 e. The molecular formula is C21H39IN6. The number of aliphatic imine (C=N–C) groups is 1. The van der Waals surface area contributed by atoms with Gasteiger partial charge in [-0.2, -0.15) is 5.10 Å². The van der Waals surface area contributed by atoms with Gasteiger partial charge in [-0.25, -0.2) is 0 Å². The molecule has 0 radical (unpaired) electrons. The van der Waals surface area contributed by atoms with E-state index >= 15 is 0 Å². The normalized spacial score (nSPS) is 24.4. The maximum atomic E-state index is 4.79. The van der Waals surface area contributed by atoms with Gasteiger partial charge in [0.25, 0.3) is 0 Å². The minimum Gasteiger partial charge on any atom is -0.355 e. The fraction of sp³-hybridized carbons (Fsp3) is 0.810. The van der Waals surface area contributed by atoms with Crippen LogP contribution in [0.1, 0.15) is 70.7 Å². The van der Waals surface area contributed by atoms with Gasteiger partial charge < -0.3 is 10.6 Å². The van der Waals surface area contributed by atoms with E-state index in [1.807, 2.05) is 7.05 Å². The second-order valence-corrected chi connectivity index (χ2v) is 8.64. The molecule has 1 fully saturated rings. The highest BCUT2D eigenvalue weighted by Gasteiger charge is 2.25. The molecule has 160 valence electrons. The number of hydrogen-bond acceptors (Lipinski definition) is 3. The summed E-state index contributed by atoms with van der Waals surface area (Å²) < 4.78 is 2.10. The highest BCUT2D eigenvalue weighted by molar-refractivity contribution is 14.0. The van der Waals surface area contributed by atoms with Crippen molar-refractivity contribution >= 4 is 29.9 Å². The van der Waals surface area contributed by atoms with Crippen LogP contribution >= 0.6 is 24.0 Å². The molecule has 3 rings (SSSR count). The lowest BCUT2D eigenvalue weighted by atomic mass is 9.94. The topological polar surface area (TPSA) is 57.5 Å². The van der Waals surface area contributed by atoms with Gasteiger partial charge in [0.15, 0.2) is 5.96 Å². The van der Waals surface area contributed by atoms with Crippen molar-refractivity contribution in [1.29, 1.82) is 0 Å². The molecule has 2 N–H and O–H groups in total. The van der Waals surface area contributed by atoms with E-state index in [2.05, 4.69) is 59.1 Å². The average molecular weight is 502 g/mol. The van der Waals surface area contributed by atoms with Crippen LogP contribution in [0, 0.1) is 0 Å². The standard InChI is InChI=1S/C21H38N6.HI/c1-15(2)27-14-18-9-10-19(12-20(18)25-27)24-21(22-5)23-13-17(4)26-11-7-6-8-16(26)3;/h14-17,19H,6-13H2,1-5H3,(H2,22,23,24);1H. The van der Waals surface area contributed by atoms with Gasteiger partial charge in [0, 0.05) is 50.4 Å². The molecule has 0 amide bonds. The lowest BCUT2D eigenvalue weighted by Gasteiger charge is -2.38. The van der Waals surface area contributed by atoms with Crippen LogP contribution in [-0.2, 0) is 12.8 Å². The summed E-state index contributed by atoms with van der Waals surface area (Å²) in [5.74, 6) is 0.920. The van der Waals surface area contributed by atoms with Crippen LogP contribution < -0.4 is 10.6 Å². The number of hydrogen-bond donors (Lipinski definition) is 2. The van der Waals surface area contributed by atoms with Crippen molar-refractivity contribution in [3.63, 3.8) is 0 Å². The molecule has 1 aromatic heterocycles. The second kappa shape index (κ2) is 10.8. The SMILES string of the molecule is CN=C(NCC(C)N1CCCCC1C)NC1CCc2cn(C(C)C)nc2C1.I. The monoisotopic (exact) mass is 502 g/mol. The first kappa shape index (κ1) is 23.4. The third kappa shape index (κ3) is 5.84. The number of nitrogens with zero attached hydrogens (tertiary/aromatic N) is 4. The van der Waals surface area contributed by atoms with Gasteiger partial charge in [0.2, 0.25) is 0 Å². The molecule has 2 aliphatic rings. The van der Waals surface area contributed by atoms with Gasteiger partial charge in [0.05, 0.1) is 5.69 Å². The lowest BCUT2D eigenvalue weighted by Crippen LogP contribution is -2.52. The summed E-state index contributed by atoms with van der Waals surface area (Å²) in [7, 11) is 1.87. The van der Waals surface area contributed by atoms with E-state index in [1.165, 1.54) is 37.1 Å². The highest BCUT2D eigenvalue weighted by atomic mass is 127. The Labute approximate surface area is 187 Å². The Morgan fingerprint density at radius 2 is 2.07 bits per heavy atom. The lowest BCUT2D eigenvalue weighted by molar-refractivity contribution is 0.115. The summed E-state index contributed by atoms with van der Waals surface area (Å²) in [5, 5.41) is 12.0. The first-order valence-corrected chi connectivity index (χ1v) is 10.8. The van der Waals surface area contributed by atoms with Crippen LogP contribution in [0.25, 0.3) is 0 Å². The number of halogens is 1. The third-order valence-electron chi connectivity index (χ3n) is 6.18. The number of likely N-dealkylation sites (tertiary alicyclic amines) is 1. The number of fused-ring (bicyclic) bond motifs is 1. The van der Waals surface area contributed by atoms with E-state index in [9.17, 15) is 0 Å². The minimum atomic E-state index is 0. The van der Waals surface area contributed by atoms with Gasteiger partial charge in [-0.3, -0.25) is 14.6 Å². The predicted molar refractivity (Wildman–Crippen MR) is 128 cm³/mol. The zero-order chi connectivity index (χ0) is 19.4. The predicted octanol–water partition coefficient (Wildman–Crippen LogP) is 3.37. The summed E-state index contributed by atoms with van der Waals surface area (Å²) >= 11 is 0. The van der Waals surface area contributed by atoms with Crippen molar-refractivity contribution < 1.29 is 0 Å². The Morgan fingerprint density at radius 1 is 1.29 bits per heavy atom. The molecule has 1 saturated heterocycles. The average Bonchev–Trinajstić information content (AvgIpc) is 3.09. The van der Waals surface area contributed by atoms with E-state index in [4.69, 9.17) is 5.10 Å². The minimum absolute atomic E-state index is 0. The highest BCUT2D eigenvalue weighted by Crippen LogP contribution is 2.22. The Morgan fingerprint density at radius 3 is 2.75 bits per heavy atom. The molecule has 1 aromatic rings. The Balaban J connectivity index is 0.00000280. The van der Waals surface area contributed by atoms with Crippen LogP contribution in [0.15, 0.2) is 11.2 Å². The fourth-order valence-corrected chi connectivity index (χ4v) is 4.43. The summed E-state index contributed by atoms with van der Waals surface area (Å²) in [6.45, 7) is 11.2. The number of guanidine groups is 1. The Bertz CT molecular complexity index is 641. The van der Waals surface area contributed by atoms with Gasteiger partial charge in [0.1, 0.15) is 0 Å². The first-order chi connectivity index (χ1) is 13.0. The van der Waals surface area contributed by atoms with Crippen molar-refractivity contribution in [2.75, 3.05) is 20.1 Å². The molecule has 0 saturated carbocycles. The molecule has 3 atom stereocenters. The molecule has 1 aliphatic carbocycles. The molecule has 0 spiro atoms. The largest absolute Gasteiger partial charge is 0.355 e. The molecule has 28 heavy (non-hydrogen) atoms. The van der Waals surface area contributed by atoms with Gasteiger partial charge in [-0.15, -0.1) is 24.0 Å². The molecule has 2 heterocycles. The zero-order valence-electron chi connectivity index (χ0n) is 18.2. The first-order valence-electron chi connectivity index (χ1n) is 10.8. The number of aryl methyl sites for hydroxylation is 1. The summed E-state index contributed by atoms with van der Waals surface area (Å²) in [6, 6.07) is 2.05. The van der Waals surface area contributed by atoms with E-state index in [1.54, 1.807) is 0 Å². The van der Waals surface area contributed by atoms with Crippen molar-refractivity contribution in [1.82, 2.24) is 25.3 Å². The molecule has 0 aromatic carbocycles. The molecular weight excluding hydrogens is 463 g/mol. The van der Waals surface area contributed by atoms with Crippen molar-refractivity contribution in [3.05, 3.63) is 17.5 Å². The summed E-state index contributed by atoms with van der Waals surface area (Å²) in [4.78, 5) is 7.09. The third-order valence-corrected chi connectivity index (χ3v) is 6.18. The Kier molecular flexibility index (Phi) is 9.05. The summed E-state index contributed by atoms with van der Waals surface area (Å²) in [6.07, 6.45) is 9.46. The smallest absolute Gasteiger partial charge is 0.191 e. The van der Waals surface area contributed by atoms with E-state index in [0.29, 0.717) is 24.2 Å². The fourth-order valence-electron chi connectivity index (χ4n) is 4.43. The van der Waals surface area contributed by atoms with Crippen LogP contribution in [0.2, 0.25) is 0 Å². The van der Waals surface area contributed by atoms with Crippen molar-refractivity contribution in [2.24, 2.45) is 4.99 Å². The maximum absolute atomic E-state index is 4.79. The number of piperidine rings is 1. The van der Waals surface area contributed by atoms with Crippen molar-refractivity contribution in [2.45, 2.75) is 90.4 Å². The molecule has 0 bridgehead atoms. The molecule has 6 nitrogen and oxygen atoms in total. The Hall–Kier alpha value is -0.830. The quantitative estimate of drug-likeness (QED) is 0.369. The molecule has 3 unspecified atom stereocenters. The summed E-state index contributed by atoms with van der Waals surface area (Å²) in [5.41, 5.74) is 2.66. The van der Waals surface area contributed by atoms with E-state index in [0.717, 1.165) is 31.8 Å². The van der Waals surface area contributed by atoms with Crippen LogP contribution in [-0.4, -0.2) is 58.9 Å². The number of aromatic nitrogens is 2. The van der Waals surface area contributed by atoms with Crippen LogP contribution in [0.4, 0.5) is 0 Å². The van der Waals surface area contributed by atoms with Gasteiger partial charge >= 0.3 is 0 Å². The van der Waals surface area contributed by atoms with Crippen molar-refractivity contribution in [3.8, 4) is 0 Å². The van der Waals surface area contributed by atoms with Crippen LogP contribution in [0.5, 0.6) is 0 Å². The van der Waals surface area contributed by atoms with Gasteiger partial charge in [-0.05, 0) is 65.5 Å². The molecule has 7 heteroatoms. The zero-order valence-corrected chi connectivity index (χ0v) is 20.6.